The monoisotopic (exact) mass is 273 g/mol. The predicted octanol–water partition coefficient (Wildman–Crippen LogP) is 2.19. The Morgan fingerprint density at radius 2 is 1.95 bits per heavy atom. The quantitative estimate of drug-likeness (QED) is 0.848. The molecule has 0 amide bonds. The van der Waals surface area contributed by atoms with E-state index in [0.29, 0.717) is 0 Å². The summed E-state index contributed by atoms with van der Waals surface area (Å²) >= 11 is 0. The normalized spacial score (nSPS) is 14.2. The fraction of sp³-hybridized carbons (Fsp3) is 0.438. The molecule has 0 bridgehead atoms. The number of aromatic nitrogens is 2. The molecule has 20 heavy (non-hydrogen) atoms. The van der Waals surface area contributed by atoms with Crippen molar-refractivity contribution in [1.29, 1.82) is 0 Å². The average Bonchev–Trinajstić information content (AvgIpc) is 2.85. The van der Waals surface area contributed by atoms with Crippen molar-refractivity contribution in [3.63, 3.8) is 0 Å². The molecule has 4 nitrogen and oxygen atoms in total. The van der Waals surface area contributed by atoms with E-state index in [9.17, 15) is 5.11 Å². The molecule has 0 radical (unpaired) electrons. The standard InChI is InChI=1S/C16H23N3O/c1-12(11-20)13(2)17-9-15-10-19(3)18-16(15)14-7-5-4-6-8-14/h4-8,10,12-13,17,20H,9,11H2,1-3H3. The fourth-order valence-electron chi connectivity index (χ4n) is 2.14. The van der Waals surface area contributed by atoms with Crippen LogP contribution >= 0.6 is 0 Å². The predicted molar refractivity (Wildman–Crippen MR) is 81.2 cm³/mol. The summed E-state index contributed by atoms with van der Waals surface area (Å²) in [5.74, 6) is 0.242. The van der Waals surface area contributed by atoms with Gasteiger partial charge in [0.2, 0.25) is 0 Å². The van der Waals surface area contributed by atoms with Crippen LogP contribution in [0.5, 0.6) is 0 Å². The lowest BCUT2D eigenvalue weighted by Crippen LogP contribution is -2.33. The van der Waals surface area contributed by atoms with Gasteiger partial charge in [-0.15, -0.1) is 0 Å². The molecule has 2 N–H and O–H groups in total. The second kappa shape index (κ2) is 6.68. The first kappa shape index (κ1) is 14.8. The van der Waals surface area contributed by atoms with Crippen LogP contribution in [-0.2, 0) is 13.6 Å². The van der Waals surface area contributed by atoms with Crippen molar-refractivity contribution in [2.75, 3.05) is 6.61 Å². The number of hydrogen-bond donors (Lipinski definition) is 2. The fourth-order valence-corrected chi connectivity index (χ4v) is 2.14. The maximum Gasteiger partial charge on any atom is 0.0967 e. The zero-order chi connectivity index (χ0) is 14.5. The number of aryl methyl sites for hydroxylation is 1. The average molecular weight is 273 g/mol. The van der Waals surface area contributed by atoms with Gasteiger partial charge in [-0.2, -0.15) is 5.10 Å². The molecule has 1 aromatic carbocycles. The second-order valence-electron chi connectivity index (χ2n) is 5.37. The molecule has 0 fully saturated rings. The maximum atomic E-state index is 9.18. The first-order valence-electron chi connectivity index (χ1n) is 7.04. The van der Waals surface area contributed by atoms with Crippen LogP contribution in [-0.4, -0.2) is 27.5 Å². The van der Waals surface area contributed by atoms with Crippen molar-refractivity contribution in [1.82, 2.24) is 15.1 Å². The van der Waals surface area contributed by atoms with Gasteiger partial charge in [0, 0.05) is 43.6 Å². The van der Waals surface area contributed by atoms with Gasteiger partial charge in [-0.3, -0.25) is 4.68 Å². The van der Waals surface area contributed by atoms with E-state index in [1.54, 1.807) is 0 Å². The minimum absolute atomic E-state index is 0.201. The molecule has 1 heterocycles. The number of aliphatic hydroxyl groups excluding tert-OH is 1. The highest BCUT2D eigenvalue weighted by Crippen LogP contribution is 2.21. The Morgan fingerprint density at radius 1 is 1.25 bits per heavy atom. The van der Waals surface area contributed by atoms with Gasteiger partial charge in [0.1, 0.15) is 0 Å². The minimum Gasteiger partial charge on any atom is -0.396 e. The van der Waals surface area contributed by atoms with Crippen molar-refractivity contribution >= 4 is 0 Å². The summed E-state index contributed by atoms with van der Waals surface area (Å²) in [4.78, 5) is 0. The molecule has 2 rings (SSSR count). The highest BCUT2D eigenvalue weighted by atomic mass is 16.3. The van der Waals surface area contributed by atoms with E-state index in [-0.39, 0.29) is 18.6 Å². The molecular formula is C16H23N3O. The van der Waals surface area contributed by atoms with Crippen LogP contribution in [0.1, 0.15) is 19.4 Å². The SMILES string of the molecule is CC(CO)C(C)NCc1cn(C)nc1-c1ccccc1. The number of nitrogens with zero attached hydrogens (tertiary/aromatic N) is 2. The van der Waals surface area contributed by atoms with Crippen LogP contribution in [0.25, 0.3) is 11.3 Å². The Morgan fingerprint density at radius 3 is 2.60 bits per heavy atom. The summed E-state index contributed by atoms with van der Waals surface area (Å²) in [6.45, 7) is 5.09. The zero-order valence-corrected chi connectivity index (χ0v) is 12.4. The van der Waals surface area contributed by atoms with E-state index in [4.69, 9.17) is 0 Å². The number of aliphatic hydroxyl groups is 1. The molecule has 0 aliphatic rings. The molecule has 0 spiro atoms. The Bertz CT molecular complexity index is 536. The number of hydrogen-bond acceptors (Lipinski definition) is 3. The van der Waals surface area contributed by atoms with Crippen molar-refractivity contribution in [2.24, 2.45) is 13.0 Å². The summed E-state index contributed by atoms with van der Waals surface area (Å²) in [6, 6.07) is 10.5. The van der Waals surface area contributed by atoms with Crippen molar-refractivity contribution in [3.05, 3.63) is 42.1 Å². The van der Waals surface area contributed by atoms with Crippen LogP contribution in [0, 0.1) is 5.92 Å². The van der Waals surface area contributed by atoms with Gasteiger partial charge in [0.05, 0.1) is 5.69 Å². The summed E-state index contributed by atoms with van der Waals surface area (Å²) < 4.78 is 1.85. The molecule has 2 unspecified atom stereocenters. The zero-order valence-electron chi connectivity index (χ0n) is 12.4. The summed E-state index contributed by atoms with van der Waals surface area (Å²) in [5, 5.41) is 17.2. The van der Waals surface area contributed by atoms with Gasteiger partial charge in [-0.1, -0.05) is 37.3 Å². The van der Waals surface area contributed by atoms with E-state index >= 15 is 0 Å². The van der Waals surface area contributed by atoms with Crippen LogP contribution < -0.4 is 5.32 Å². The van der Waals surface area contributed by atoms with Gasteiger partial charge >= 0.3 is 0 Å². The molecule has 0 saturated heterocycles. The van der Waals surface area contributed by atoms with Crippen molar-refractivity contribution in [3.8, 4) is 11.3 Å². The molecule has 0 aliphatic heterocycles. The Labute approximate surface area is 120 Å². The Hall–Kier alpha value is -1.65. The molecule has 108 valence electrons. The van der Waals surface area contributed by atoms with E-state index in [1.165, 1.54) is 5.56 Å². The highest BCUT2D eigenvalue weighted by Gasteiger charge is 2.13. The summed E-state index contributed by atoms with van der Waals surface area (Å²) in [7, 11) is 1.94. The second-order valence-corrected chi connectivity index (χ2v) is 5.37. The van der Waals surface area contributed by atoms with Crippen LogP contribution in [0.2, 0.25) is 0 Å². The third-order valence-corrected chi connectivity index (χ3v) is 3.71. The topological polar surface area (TPSA) is 50.1 Å². The molecule has 0 saturated carbocycles. The van der Waals surface area contributed by atoms with Gasteiger partial charge in [0.15, 0.2) is 0 Å². The van der Waals surface area contributed by atoms with Gasteiger partial charge in [0.25, 0.3) is 0 Å². The van der Waals surface area contributed by atoms with E-state index < -0.39 is 0 Å². The number of benzene rings is 1. The highest BCUT2D eigenvalue weighted by molar-refractivity contribution is 5.62. The lowest BCUT2D eigenvalue weighted by molar-refractivity contribution is 0.207. The van der Waals surface area contributed by atoms with Crippen molar-refractivity contribution < 1.29 is 5.11 Å². The lowest BCUT2D eigenvalue weighted by atomic mass is 10.0. The van der Waals surface area contributed by atoms with Crippen LogP contribution in [0.4, 0.5) is 0 Å². The molecule has 2 atom stereocenters. The van der Waals surface area contributed by atoms with Crippen LogP contribution in [0.15, 0.2) is 36.5 Å². The van der Waals surface area contributed by atoms with E-state index in [2.05, 4.69) is 29.5 Å². The third kappa shape index (κ3) is 3.46. The summed E-state index contributed by atoms with van der Waals surface area (Å²) in [5.41, 5.74) is 3.33. The first-order chi connectivity index (χ1) is 9.61. The molecule has 0 aliphatic carbocycles. The van der Waals surface area contributed by atoms with Crippen LogP contribution in [0.3, 0.4) is 0 Å². The smallest absolute Gasteiger partial charge is 0.0967 e. The minimum atomic E-state index is 0.201. The molecular weight excluding hydrogens is 250 g/mol. The Kier molecular flexibility index (Phi) is 4.93. The lowest BCUT2D eigenvalue weighted by Gasteiger charge is -2.19. The molecule has 4 heteroatoms. The largest absolute Gasteiger partial charge is 0.396 e. The van der Waals surface area contributed by atoms with Gasteiger partial charge in [-0.05, 0) is 12.8 Å². The van der Waals surface area contributed by atoms with Crippen molar-refractivity contribution in [2.45, 2.75) is 26.4 Å². The maximum absolute atomic E-state index is 9.18. The van der Waals surface area contributed by atoms with E-state index in [1.807, 2.05) is 43.0 Å². The number of rotatable bonds is 6. The third-order valence-electron chi connectivity index (χ3n) is 3.71. The number of nitrogens with one attached hydrogen (secondary N) is 1. The molecule has 2 aromatic rings. The Balaban J connectivity index is 2.13. The first-order valence-corrected chi connectivity index (χ1v) is 7.04. The van der Waals surface area contributed by atoms with Gasteiger partial charge < -0.3 is 10.4 Å². The summed E-state index contributed by atoms with van der Waals surface area (Å²) in [6.07, 6.45) is 2.05. The van der Waals surface area contributed by atoms with Gasteiger partial charge in [-0.25, -0.2) is 0 Å². The van der Waals surface area contributed by atoms with E-state index in [0.717, 1.165) is 17.8 Å². The molecule has 1 aromatic heterocycles.